The van der Waals surface area contributed by atoms with Crippen LogP contribution in [0.2, 0.25) is 0 Å². The standard InChI is InChI=1S/C13H9NO2PS/c14-10-11-6-8-13(9-7-11)16-17(18)15-12-4-2-1-3-5-12/h1-9H/q+1. The summed E-state index contributed by atoms with van der Waals surface area (Å²) >= 11 is 5.12. The van der Waals surface area contributed by atoms with Crippen molar-refractivity contribution in [1.29, 1.82) is 5.26 Å². The maximum Gasteiger partial charge on any atom is 0.626 e. The van der Waals surface area contributed by atoms with E-state index in [4.69, 9.17) is 26.1 Å². The topological polar surface area (TPSA) is 42.2 Å². The normalized spacial score (nSPS) is 10.3. The Morgan fingerprint density at radius 3 is 2.00 bits per heavy atom. The summed E-state index contributed by atoms with van der Waals surface area (Å²) in [6, 6.07) is 18.1. The van der Waals surface area contributed by atoms with Crippen LogP contribution in [0.15, 0.2) is 54.6 Å². The van der Waals surface area contributed by atoms with E-state index < -0.39 is 7.15 Å². The Labute approximate surface area is 111 Å². The van der Waals surface area contributed by atoms with Crippen LogP contribution in [-0.2, 0) is 11.8 Å². The van der Waals surface area contributed by atoms with E-state index in [2.05, 4.69) is 0 Å². The van der Waals surface area contributed by atoms with Crippen molar-refractivity contribution in [2.45, 2.75) is 0 Å². The maximum atomic E-state index is 8.67. The van der Waals surface area contributed by atoms with Gasteiger partial charge in [0.15, 0.2) is 11.5 Å². The molecule has 0 fully saturated rings. The van der Waals surface area contributed by atoms with Crippen LogP contribution in [0.1, 0.15) is 5.56 Å². The third-order valence-electron chi connectivity index (χ3n) is 2.09. The minimum atomic E-state index is -1.45. The zero-order valence-corrected chi connectivity index (χ0v) is 11.0. The van der Waals surface area contributed by atoms with Crippen molar-refractivity contribution in [3.8, 4) is 17.6 Å². The van der Waals surface area contributed by atoms with Gasteiger partial charge >= 0.3 is 7.15 Å². The van der Waals surface area contributed by atoms with Gasteiger partial charge in [-0.25, -0.2) is 9.05 Å². The van der Waals surface area contributed by atoms with E-state index in [9.17, 15) is 0 Å². The highest BCUT2D eigenvalue weighted by molar-refractivity contribution is 8.01. The summed E-state index contributed by atoms with van der Waals surface area (Å²) in [6.07, 6.45) is 0. The molecule has 0 amide bonds. The van der Waals surface area contributed by atoms with Crippen LogP contribution in [0.5, 0.6) is 11.5 Å². The van der Waals surface area contributed by atoms with Crippen molar-refractivity contribution < 1.29 is 9.05 Å². The van der Waals surface area contributed by atoms with Crippen LogP contribution in [0.3, 0.4) is 0 Å². The quantitative estimate of drug-likeness (QED) is 0.795. The Balaban J connectivity index is 1.97. The molecule has 0 heterocycles. The van der Waals surface area contributed by atoms with E-state index in [-0.39, 0.29) is 0 Å². The number of nitrogens with zero attached hydrogens (tertiary/aromatic N) is 1. The molecule has 2 rings (SSSR count). The van der Waals surface area contributed by atoms with Crippen molar-refractivity contribution in [2.24, 2.45) is 0 Å². The second kappa shape index (κ2) is 6.11. The summed E-state index contributed by atoms with van der Waals surface area (Å²) in [6.45, 7) is 0. The molecule has 2 aromatic rings. The summed E-state index contributed by atoms with van der Waals surface area (Å²) in [5.41, 5.74) is 0.583. The molecular weight excluding hydrogens is 265 g/mol. The van der Waals surface area contributed by atoms with Gasteiger partial charge in [0.25, 0.3) is 11.8 Å². The maximum absolute atomic E-state index is 8.67. The smallest absolute Gasteiger partial charge is 0.243 e. The van der Waals surface area contributed by atoms with Gasteiger partial charge in [0.2, 0.25) is 0 Å². The molecule has 0 radical (unpaired) electrons. The zero-order chi connectivity index (χ0) is 12.8. The highest BCUT2D eigenvalue weighted by atomic mass is 32.4. The fourth-order valence-electron chi connectivity index (χ4n) is 1.26. The van der Waals surface area contributed by atoms with Gasteiger partial charge in [0.1, 0.15) is 0 Å². The molecule has 1 atom stereocenters. The molecule has 0 saturated heterocycles. The molecule has 0 aliphatic heterocycles. The second-order valence-corrected chi connectivity index (χ2v) is 5.06. The number of benzene rings is 2. The highest BCUT2D eigenvalue weighted by Crippen LogP contribution is 2.30. The van der Waals surface area contributed by atoms with E-state index in [1.165, 1.54) is 0 Å². The van der Waals surface area contributed by atoms with Crippen LogP contribution in [-0.4, -0.2) is 0 Å². The fraction of sp³-hybridized carbons (Fsp3) is 0. The van der Waals surface area contributed by atoms with Gasteiger partial charge in [0.05, 0.1) is 11.6 Å². The lowest BCUT2D eigenvalue weighted by molar-refractivity contribution is 0.513. The van der Waals surface area contributed by atoms with Gasteiger partial charge in [-0.1, -0.05) is 18.2 Å². The number of para-hydroxylation sites is 1. The summed E-state index contributed by atoms with van der Waals surface area (Å²) in [4.78, 5) is 0. The van der Waals surface area contributed by atoms with Crippen LogP contribution < -0.4 is 9.05 Å². The molecule has 0 aromatic heterocycles. The summed E-state index contributed by atoms with van der Waals surface area (Å²) in [5.74, 6) is 1.29. The van der Waals surface area contributed by atoms with Gasteiger partial charge < -0.3 is 0 Å². The van der Waals surface area contributed by atoms with Gasteiger partial charge in [-0.05, 0) is 36.4 Å². The molecule has 0 N–H and O–H groups in total. The van der Waals surface area contributed by atoms with Gasteiger partial charge in [-0.15, -0.1) is 0 Å². The summed E-state index contributed by atoms with van der Waals surface area (Å²) < 4.78 is 10.9. The first-order chi connectivity index (χ1) is 8.78. The van der Waals surface area contributed by atoms with Crippen molar-refractivity contribution in [3.05, 3.63) is 60.2 Å². The lowest BCUT2D eigenvalue weighted by Crippen LogP contribution is -1.88. The molecule has 0 aliphatic rings. The van der Waals surface area contributed by atoms with E-state index in [0.717, 1.165) is 0 Å². The van der Waals surface area contributed by atoms with E-state index in [0.29, 0.717) is 17.1 Å². The van der Waals surface area contributed by atoms with Crippen molar-refractivity contribution in [3.63, 3.8) is 0 Å². The number of nitriles is 1. The van der Waals surface area contributed by atoms with Gasteiger partial charge in [0, 0.05) is 0 Å². The summed E-state index contributed by atoms with van der Waals surface area (Å²) in [7, 11) is -1.45. The van der Waals surface area contributed by atoms with Crippen LogP contribution in [0.25, 0.3) is 0 Å². The second-order valence-electron chi connectivity index (χ2n) is 3.36. The van der Waals surface area contributed by atoms with E-state index >= 15 is 0 Å². The average Bonchev–Trinajstić information content (AvgIpc) is 2.40. The molecule has 0 aliphatic carbocycles. The Hall–Kier alpha value is -1.95. The first kappa shape index (κ1) is 12.5. The highest BCUT2D eigenvalue weighted by Gasteiger charge is 2.17. The number of hydrogen-bond donors (Lipinski definition) is 0. The Bertz CT molecular complexity index is 578. The minimum Gasteiger partial charge on any atom is -0.243 e. The van der Waals surface area contributed by atoms with E-state index in [1.807, 2.05) is 36.4 Å². The molecule has 18 heavy (non-hydrogen) atoms. The molecule has 88 valence electrons. The predicted molar refractivity (Wildman–Crippen MR) is 73.1 cm³/mol. The number of hydrogen-bond acceptors (Lipinski definition) is 4. The third kappa shape index (κ3) is 3.53. The van der Waals surface area contributed by atoms with Gasteiger partial charge in [-0.2, -0.15) is 5.26 Å². The lowest BCUT2D eigenvalue weighted by atomic mass is 10.2. The van der Waals surface area contributed by atoms with Crippen LogP contribution >= 0.6 is 7.15 Å². The first-order valence-electron chi connectivity index (χ1n) is 5.16. The summed E-state index contributed by atoms with van der Waals surface area (Å²) in [5, 5.41) is 8.67. The van der Waals surface area contributed by atoms with Crippen LogP contribution in [0.4, 0.5) is 0 Å². The predicted octanol–water partition coefficient (Wildman–Crippen LogP) is 3.79. The SMILES string of the molecule is N#Cc1ccc(O[P+](=S)Oc2ccccc2)cc1. The van der Waals surface area contributed by atoms with E-state index in [1.54, 1.807) is 24.3 Å². The van der Waals surface area contributed by atoms with Crippen molar-refractivity contribution >= 4 is 19.0 Å². The molecule has 5 heteroatoms. The van der Waals surface area contributed by atoms with Crippen molar-refractivity contribution in [1.82, 2.24) is 0 Å². The molecular formula is C13H9NO2PS+. The fourth-order valence-corrected chi connectivity index (χ4v) is 2.40. The monoisotopic (exact) mass is 274 g/mol. The molecule has 0 spiro atoms. The molecule has 1 unspecified atom stereocenters. The largest absolute Gasteiger partial charge is 0.626 e. The zero-order valence-electron chi connectivity index (χ0n) is 9.32. The molecule has 2 aromatic carbocycles. The molecule has 3 nitrogen and oxygen atoms in total. The Kier molecular flexibility index (Phi) is 4.25. The number of rotatable bonds is 4. The Morgan fingerprint density at radius 2 is 1.44 bits per heavy atom. The van der Waals surface area contributed by atoms with Crippen LogP contribution in [0, 0.1) is 11.3 Å². The first-order valence-corrected chi connectivity index (χ1v) is 7.35. The average molecular weight is 274 g/mol. The third-order valence-corrected chi connectivity index (χ3v) is 3.25. The molecule has 0 bridgehead atoms. The minimum absolute atomic E-state index is 0.583. The van der Waals surface area contributed by atoms with Gasteiger partial charge in [-0.3, -0.25) is 0 Å². The van der Waals surface area contributed by atoms with Crippen molar-refractivity contribution in [2.75, 3.05) is 0 Å². The molecule has 0 saturated carbocycles. The lowest BCUT2D eigenvalue weighted by Gasteiger charge is -1.96. The Morgan fingerprint density at radius 1 is 0.889 bits per heavy atom.